The molecule has 0 aliphatic rings. The predicted molar refractivity (Wildman–Crippen MR) is 105 cm³/mol. The molecule has 2 aromatic carbocycles. The van der Waals surface area contributed by atoms with Crippen LogP contribution in [0.2, 0.25) is 0 Å². The average Bonchev–Trinajstić information content (AvgIpc) is 2.70. The molecule has 2 aromatic rings. The fourth-order valence-electron chi connectivity index (χ4n) is 2.25. The summed E-state index contributed by atoms with van der Waals surface area (Å²) in [4.78, 5) is 24.0. The molecule has 2 rings (SSSR count). The van der Waals surface area contributed by atoms with Gasteiger partial charge in [-0.2, -0.15) is 8.78 Å². The lowest BCUT2D eigenvalue weighted by molar-refractivity contribution is -0.136. The average molecular weight is 471 g/mol. The van der Waals surface area contributed by atoms with Crippen molar-refractivity contribution < 1.29 is 37.3 Å². The Balaban J connectivity index is 1.95. The number of hydrogen-bond acceptors (Lipinski definition) is 6. The topological polar surface area (TPSA) is 71.1 Å². The highest BCUT2D eigenvalue weighted by atomic mass is 79.9. The van der Waals surface area contributed by atoms with E-state index in [2.05, 4.69) is 20.7 Å². The number of ketones is 1. The number of esters is 1. The van der Waals surface area contributed by atoms with E-state index in [1.54, 1.807) is 18.2 Å². The molecule has 0 bridgehead atoms. The van der Waals surface area contributed by atoms with Gasteiger partial charge >= 0.3 is 12.6 Å². The normalized spacial score (nSPS) is 10.8. The van der Waals surface area contributed by atoms with Gasteiger partial charge in [-0.3, -0.25) is 4.79 Å². The van der Waals surface area contributed by atoms with E-state index in [9.17, 15) is 18.4 Å². The van der Waals surface area contributed by atoms with Crippen molar-refractivity contribution in [2.75, 3.05) is 20.8 Å². The Morgan fingerprint density at radius 1 is 1.03 bits per heavy atom. The van der Waals surface area contributed by atoms with Crippen LogP contribution < -0.4 is 14.2 Å². The number of benzene rings is 2. The van der Waals surface area contributed by atoms with Crippen LogP contribution in [0.5, 0.6) is 17.2 Å². The monoisotopic (exact) mass is 470 g/mol. The van der Waals surface area contributed by atoms with Crippen LogP contribution in [0.25, 0.3) is 6.08 Å². The number of Topliss-reactive ketones (excluding diaryl/α,β-unsaturated/α-hetero) is 1. The maximum Gasteiger partial charge on any atom is 0.387 e. The molecule has 0 heterocycles. The smallest absolute Gasteiger partial charge is 0.387 e. The van der Waals surface area contributed by atoms with Crippen LogP contribution in [0.3, 0.4) is 0 Å². The van der Waals surface area contributed by atoms with E-state index in [-0.39, 0.29) is 17.3 Å². The minimum Gasteiger partial charge on any atom is -0.496 e. The number of carbonyl (C=O) groups excluding carboxylic acids is 2. The van der Waals surface area contributed by atoms with Gasteiger partial charge in [0.25, 0.3) is 0 Å². The molecule has 0 aromatic heterocycles. The number of alkyl halides is 2. The molecule has 0 fully saturated rings. The zero-order valence-corrected chi connectivity index (χ0v) is 17.1. The second kappa shape index (κ2) is 10.6. The summed E-state index contributed by atoms with van der Waals surface area (Å²) < 4.78 is 44.6. The van der Waals surface area contributed by atoms with E-state index >= 15 is 0 Å². The molecular weight excluding hydrogens is 454 g/mol. The summed E-state index contributed by atoms with van der Waals surface area (Å²) >= 11 is 3.28. The molecule has 154 valence electrons. The molecule has 0 saturated heterocycles. The molecule has 0 saturated carbocycles. The number of halogens is 3. The van der Waals surface area contributed by atoms with Crippen molar-refractivity contribution in [2.45, 2.75) is 6.61 Å². The number of methoxy groups -OCH3 is 2. The van der Waals surface area contributed by atoms with Crippen LogP contribution in [0.4, 0.5) is 8.78 Å². The summed E-state index contributed by atoms with van der Waals surface area (Å²) in [5.41, 5.74) is 0.847. The van der Waals surface area contributed by atoms with Crippen LogP contribution in [0.1, 0.15) is 15.9 Å². The fraction of sp³-hybridized carbons (Fsp3) is 0.200. The summed E-state index contributed by atoms with van der Waals surface area (Å²) in [5.74, 6) is -0.593. The zero-order chi connectivity index (χ0) is 21.4. The van der Waals surface area contributed by atoms with Crippen molar-refractivity contribution in [2.24, 2.45) is 0 Å². The molecule has 0 spiro atoms. The van der Waals surface area contributed by atoms with Gasteiger partial charge in [0.05, 0.1) is 18.7 Å². The Bertz CT molecular complexity index is 914. The van der Waals surface area contributed by atoms with E-state index in [1.807, 2.05) is 0 Å². The minimum absolute atomic E-state index is 0.0843. The first kappa shape index (κ1) is 22.4. The lowest BCUT2D eigenvalue weighted by Crippen LogP contribution is -2.12. The van der Waals surface area contributed by atoms with Crippen molar-refractivity contribution in [1.82, 2.24) is 0 Å². The Morgan fingerprint density at radius 3 is 2.34 bits per heavy atom. The summed E-state index contributed by atoms with van der Waals surface area (Å²) in [6, 6.07) is 8.92. The van der Waals surface area contributed by atoms with Gasteiger partial charge in [-0.05, 0) is 57.9 Å². The first-order valence-corrected chi connectivity index (χ1v) is 8.97. The third-order valence-corrected chi connectivity index (χ3v) is 4.25. The first-order chi connectivity index (χ1) is 13.8. The fourth-order valence-corrected chi connectivity index (χ4v) is 2.79. The number of hydrogen-bond donors (Lipinski definition) is 0. The third-order valence-electron chi connectivity index (χ3n) is 3.63. The van der Waals surface area contributed by atoms with Crippen molar-refractivity contribution in [1.29, 1.82) is 0 Å². The van der Waals surface area contributed by atoms with E-state index in [0.717, 1.165) is 6.08 Å². The first-order valence-electron chi connectivity index (χ1n) is 8.18. The molecule has 0 N–H and O–H groups in total. The van der Waals surface area contributed by atoms with Gasteiger partial charge in [0.15, 0.2) is 23.9 Å². The minimum atomic E-state index is -2.98. The van der Waals surface area contributed by atoms with E-state index in [4.69, 9.17) is 14.2 Å². The van der Waals surface area contributed by atoms with Crippen molar-refractivity contribution >= 4 is 33.8 Å². The van der Waals surface area contributed by atoms with Crippen molar-refractivity contribution in [3.8, 4) is 17.2 Å². The van der Waals surface area contributed by atoms with Gasteiger partial charge in [-0.25, -0.2) is 4.79 Å². The highest BCUT2D eigenvalue weighted by Gasteiger charge is 2.12. The number of ether oxygens (including phenoxy) is 4. The van der Waals surface area contributed by atoms with Gasteiger partial charge in [-0.1, -0.05) is 6.07 Å². The molecule has 0 aliphatic carbocycles. The summed E-state index contributed by atoms with van der Waals surface area (Å²) in [6.07, 6.45) is 2.51. The van der Waals surface area contributed by atoms with Gasteiger partial charge in [-0.15, -0.1) is 0 Å². The molecule has 0 aliphatic heterocycles. The second-order valence-electron chi connectivity index (χ2n) is 5.50. The number of carbonyl (C=O) groups is 2. The molecular formula is C20H17BrF2O6. The molecule has 0 atom stereocenters. The Morgan fingerprint density at radius 2 is 1.72 bits per heavy atom. The second-order valence-corrected chi connectivity index (χ2v) is 6.36. The lowest BCUT2D eigenvalue weighted by atomic mass is 10.1. The van der Waals surface area contributed by atoms with Crippen molar-refractivity contribution in [3.63, 3.8) is 0 Å². The summed E-state index contributed by atoms with van der Waals surface area (Å²) in [5, 5.41) is 0. The Kier molecular flexibility index (Phi) is 8.14. The van der Waals surface area contributed by atoms with Crippen LogP contribution in [-0.2, 0) is 9.53 Å². The molecule has 0 amide bonds. The Hall–Kier alpha value is -2.94. The third kappa shape index (κ3) is 6.56. The molecule has 29 heavy (non-hydrogen) atoms. The molecule has 6 nitrogen and oxygen atoms in total. The molecule has 0 unspecified atom stereocenters. The van der Waals surface area contributed by atoms with Crippen LogP contribution in [0.15, 0.2) is 46.9 Å². The van der Waals surface area contributed by atoms with E-state index in [0.29, 0.717) is 21.3 Å². The number of rotatable bonds is 9. The maximum absolute atomic E-state index is 12.3. The quantitative estimate of drug-likeness (QED) is 0.305. The van der Waals surface area contributed by atoms with Crippen LogP contribution in [0, 0.1) is 0 Å². The van der Waals surface area contributed by atoms with Gasteiger partial charge in [0.1, 0.15) is 5.75 Å². The molecule has 9 heteroatoms. The van der Waals surface area contributed by atoms with E-state index < -0.39 is 19.2 Å². The van der Waals surface area contributed by atoms with Crippen molar-refractivity contribution in [3.05, 3.63) is 58.1 Å². The van der Waals surface area contributed by atoms with Gasteiger partial charge in [0, 0.05) is 11.6 Å². The predicted octanol–water partition coefficient (Wildman–Crippen LogP) is 4.51. The highest BCUT2D eigenvalue weighted by molar-refractivity contribution is 9.10. The van der Waals surface area contributed by atoms with Gasteiger partial charge in [0.2, 0.25) is 0 Å². The SMILES string of the molecule is COc1ccc(C(=O)COC(=O)/C=C/c2ccc(OC(F)F)c(OC)c2)cc1Br. The van der Waals surface area contributed by atoms with Gasteiger partial charge < -0.3 is 18.9 Å². The van der Waals surface area contributed by atoms with E-state index in [1.165, 1.54) is 38.5 Å². The largest absolute Gasteiger partial charge is 0.496 e. The summed E-state index contributed by atoms with van der Waals surface area (Å²) in [6.45, 7) is -3.42. The summed E-state index contributed by atoms with van der Waals surface area (Å²) in [7, 11) is 2.81. The Labute approximate surface area is 174 Å². The van der Waals surface area contributed by atoms with Crippen LogP contribution >= 0.6 is 15.9 Å². The van der Waals surface area contributed by atoms with Crippen LogP contribution in [-0.4, -0.2) is 39.2 Å². The highest BCUT2D eigenvalue weighted by Crippen LogP contribution is 2.30. The maximum atomic E-state index is 12.3. The molecule has 0 radical (unpaired) electrons. The zero-order valence-electron chi connectivity index (χ0n) is 15.5. The standard InChI is InChI=1S/C20H17BrF2O6/c1-26-16-7-5-13(10-14(16)21)15(24)11-28-19(25)8-4-12-3-6-17(29-20(22)23)18(9-12)27-2/h3-10,20H,11H2,1-2H3/b8-4+. The lowest BCUT2D eigenvalue weighted by Gasteiger charge is -2.10.